The summed E-state index contributed by atoms with van der Waals surface area (Å²) in [4.78, 5) is 35.2. The third kappa shape index (κ3) is 3.34. The van der Waals surface area contributed by atoms with Gasteiger partial charge in [0.1, 0.15) is 6.04 Å². The molecule has 0 aromatic heterocycles. The maximum atomic E-state index is 12.0. The van der Waals surface area contributed by atoms with Crippen LogP contribution in [0.2, 0.25) is 0 Å². The van der Waals surface area contributed by atoms with E-state index in [0.717, 1.165) is 12.8 Å². The Hall–Kier alpha value is -1.83. The number of ether oxygens (including phenoxy) is 1. The number of aliphatic carboxylic acids is 1. The van der Waals surface area contributed by atoms with Crippen LogP contribution in [0.15, 0.2) is 0 Å². The van der Waals surface area contributed by atoms with E-state index >= 15 is 0 Å². The molecule has 2 unspecified atom stereocenters. The van der Waals surface area contributed by atoms with Crippen LogP contribution >= 0.6 is 0 Å². The van der Waals surface area contributed by atoms with Crippen molar-refractivity contribution >= 4 is 17.9 Å². The molecule has 19 heavy (non-hydrogen) atoms. The zero-order valence-corrected chi connectivity index (χ0v) is 10.4. The van der Waals surface area contributed by atoms with Crippen LogP contribution in [-0.2, 0) is 14.3 Å². The van der Waals surface area contributed by atoms with Crippen LogP contribution in [0.5, 0.6) is 0 Å². The fourth-order valence-electron chi connectivity index (χ4n) is 2.42. The molecule has 8 heteroatoms. The molecule has 2 bridgehead atoms. The van der Waals surface area contributed by atoms with Crippen molar-refractivity contribution in [3.8, 4) is 0 Å². The lowest BCUT2D eigenvalue weighted by Gasteiger charge is -2.32. The molecule has 0 aromatic carbocycles. The van der Waals surface area contributed by atoms with E-state index in [2.05, 4.69) is 5.32 Å². The zero-order chi connectivity index (χ0) is 14.0. The number of hydrogen-bond acceptors (Lipinski definition) is 4. The van der Waals surface area contributed by atoms with Gasteiger partial charge in [0, 0.05) is 13.1 Å². The number of likely N-dealkylation sites (tertiary alicyclic amines) is 1. The number of amides is 3. The number of fused-ring (bicyclic) bond motifs is 2. The monoisotopic (exact) mass is 271 g/mol. The Labute approximate surface area is 109 Å². The lowest BCUT2D eigenvalue weighted by molar-refractivity contribution is -0.141. The van der Waals surface area contributed by atoms with Gasteiger partial charge in [0.15, 0.2) is 0 Å². The number of rotatable bonds is 4. The molecular formula is C11H17N3O5. The maximum absolute atomic E-state index is 12.0. The zero-order valence-electron chi connectivity index (χ0n) is 10.4. The summed E-state index contributed by atoms with van der Waals surface area (Å²) in [5.74, 6) is -2.04. The van der Waals surface area contributed by atoms with E-state index in [1.54, 1.807) is 0 Å². The number of nitrogens with one attached hydrogen (secondary N) is 1. The van der Waals surface area contributed by atoms with Crippen molar-refractivity contribution in [1.82, 2.24) is 10.2 Å². The van der Waals surface area contributed by atoms with Gasteiger partial charge in [0.25, 0.3) is 0 Å². The predicted octanol–water partition coefficient (Wildman–Crippen LogP) is -1.11. The van der Waals surface area contributed by atoms with E-state index < -0.39 is 30.4 Å². The van der Waals surface area contributed by atoms with Crippen molar-refractivity contribution in [3.63, 3.8) is 0 Å². The second-order valence-electron chi connectivity index (χ2n) is 4.87. The highest BCUT2D eigenvalue weighted by molar-refractivity contribution is 5.87. The molecule has 8 nitrogen and oxygen atoms in total. The molecule has 0 aliphatic carbocycles. The Bertz CT molecular complexity index is 388. The molecule has 3 atom stereocenters. The average molecular weight is 271 g/mol. The summed E-state index contributed by atoms with van der Waals surface area (Å²) in [5, 5.41) is 11.2. The quantitative estimate of drug-likeness (QED) is 0.598. The van der Waals surface area contributed by atoms with Gasteiger partial charge in [-0.2, -0.15) is 0 Å². The van der Waals surface area contributed by atoms with Crippen LogP contribution in [0, 0.1) is 0 Å². The Kier molecular flexibility index (Phi) is 3.89. The van der Waals surface area contributed by atoms with Crippen LogP contribution in [0.1, 0.15) is 19.3 Å². The number of carbonyl (C=O) groups excluding carboxylic acids is 2. The summed E-state index contributed by atoms with van der Waals surface area (Å²) < 4.78 is 5.58. The average Bonchev–Trinajstić information content (AvgIpc) is 2.66. The van der Waals surface area contributed by atoms with Crippen molar-refractivity contribution in [2.45, 2.75) is 37.5 Å². The summed E-state index contributed by atoms with van der Waals surface area (Å²) in [5.41, 5.74) is 4.95. The van der Waals surface area contributed by atoms with Gasteiger partial charge in [-0.25, -0.2) is 9.59 Å². The number of carboxylic acids is 1. The minimum atomic E-state index is -1.29. The van der Waals surface area contributed by atoms with E-state index in [-0.39, 0.29) is 12.2 Å². The van der Waals surface area contributed by atoms with Crippen LogP contribution in [0.3, 0.4) is 0 Å². The number of hydrogen-bond donors (Lipinski definition) is 3. The van der Waals surface area contributed by atoms with Crippen LogP contribution < -0.4 is 11.1 Å². The highest BCUT2D eigenvalue weighted by Gasteiger charge is 2.36. The van der Waals surface area contributed by atoms with Crippen molar-refractivity contribution in [3.05, 3.63) is 0 Å². The van der Waals surface area contributed by atoms with Crippen molar-refractivity contribution in [2.24, 2.45) is 5.73 Å². The molecule has 2 aliphatic heterocycles. The van der Waals surface area contributed by atoms with E-state index in [1.807, 2.05) is 0 Å². The number of primary amides is 1. The maximum Gasteiger partial charge on any atom is 0.326 e. The largest absolute Gasteiger partial charge is 0.480 e. The van der Waals surface area contributed by atoms with Crippen LogP contribution in [0.25, 0.3) is 0 Å². The van der Waals surface area contributed by atoms with Gasteiger partial charge in [-0.3, -0.25) is 4.79 Å². The summed E-state index contributed by atoms with van der Waals surface area (Å²) in [7, 11) is 0. The first kappa shape index (κ1) is 13.6. The molecule has 4 N–H and O–H groups in total. The SMILES string of the molecule is NC(=O)C[C@H](NC(=O)N1CC2CCC(C1)O2)C(=O)O. The lowest BCUT2D eigenvalue weighted by Crippen LogP contribution is -2.54. The third-order valence-corrected chi connectivity index (χ3v) is 3.33. The molecule has 2 aliphatic rings. The van der Waals surface area contributed by atoms with Gasteiger partial charge in [0.05, 0.1) is 18.6 Å². The summed E-state index contributed by atoms with van der Waals surface area (Å²) in [6, 6.07) is -1.78. The molecular weight excluding hydrogens is 254 g/mol. The molecule has 0 spiro atoms. The molecule has 2 rings (SSSR count). The second kappa shape index (κ2) is 5.43. The van der Waals surface area contributed by atoms with E-state index in [9.17, 15) is 14.4 Å². The molecule has 106 valence electrons. The molecule has 0 aromatic rings. The Morgan fingerprint density at radius 1 is 1.32 bits per heavy atom. The lowest BCUT2D eigenvalue weighted by atomic mass is 10.2. The first-order valence-electron chi connectivity index (χ1n) is 6.17. The van der Waals surface area contributed by atoms with Gasteiger partial charge in [-0.1, -0.05) is 0 Å². The van der Waals surface area contributed by atoms with Crippen molar-refractivity contribution in [1.29, 1.82) is 0 Å². The number of nitrogens with zero attached hydrogens (tertiary/aromatic N) is 1. The summed E-state index contributed by atoms with van der Waals surface area (Å²) in [6.07, 6.45) is 1.47. The van der Waals surface area contributed by atoms with Gasteiger partial charge in [-0.15, -0.1) is 0 Å². The highest BCUT2D eigenvalue weighted by atomic mass is 16.5. The minimum absolute atomic E-state index is 0.0314. The van der Waals surface area contributed by atoms with E-state index in [4.69, 9.17) is 15.6 Å². The number of urea groups is 1. The third-order valence-electron chi connectivity index (χ3n) is 3.33. The smallest absolute Gasteiger partial charge is 0.326 e. The topological polar surface area (TPSA) is 122 Å². The minimum Gasteiger partial charge on any atom is -0.480 e. The molecule has 2 heterocycles. The van der Waals surface area contributed by atoms with Gasteiger partial charge in [-0.05, 0) is 12.8 Å². The number of nitrogens with two attached hydrogens (primary N) is 1. The Morgan fingerprint density at radius 3 is 2.37 bits per heavy atom. The Balaban J connectivity index is 1.91. The van der Waals surface area contributed by atoms with E-state index in [0.29, 0.717) is 13.1 Å². The summed E-state index contributed by atoms with van der Waals surface area (Å²) in [6.45, 7) is 0.899. The molecule has 0 radical (unpaired) electrons. The first-order chi connectivity index (χ1) is 8.95. The van der Waals surface area contributed by atoms with Gasteiger partial charge in [0.2, 0.25) is 5.91 Å². The van der Waals surface area contributed by atoms with Crippen molar-refractivity contribution in [2.75, 3.05) is 13.1 Å². The number of carboxylic acid groups (broad SMARTS) is 1. The second-order valence-corrected chi connectivity index (χ2v) is 4.87. The van der Waals surface area contributed by atoms with Gasteiger partial charge < -0.3 is 25.8 Å². The highest BCUT2D eigenvalue weighted by Crippen LogP contribution is 2.26. The fourth-order valence-corrected chi connectivity index (χ4v) is 2.42. The van der Waals surface area contributed by atoms with Crippen LogP contribution in [-0.4, -0.2) is 59.3 Å². The molecule has 3 amide bonds. The first-order valence-corrected chi connectivity index (χ1v) is 6.17. The summed E-state index contributed by atoms with van der Waals surface area (Å²) >= 11 is 0. The predicted molar refractivity (Wildman–Crippen MR) is 63.2 cm³/mol. The molecule has 2 saturated heterocycles. The standard InChI is InChI=1S/C11H17N3O5/c12-9(15)3-8(10(16)17)13-11(18)14-4-6-1-2-7(5-14)19-6/h6-8H,1-5H2,(H2,12,15)(H,13,18)(H,16,17)/t6?,7?,8-/m0/s1. The Morgan fingerprint density at radius 2 is 1.89 bits per heavy atom. The van der Waals surface area contributed by atoms with Crippen molar-refractivity contribution < 1.29 is 24.2 Å². The van der Waals surface area contributed by atoms with Gasteiger partial charge >= 0.3 is 12.0 Å². The fraction of sp³-hybridized carbons (Fsp3) is 0.727. The molecule has 2 fully saturated rings. The normalized spacial score (nSPS) is 26.8. The number of carbonyl (C=O) groups is 3. The van der Waals surface area contributed by atoms with Crippen LogP contribution in [0.4, 0.5) is 4.79 Å². The number of morpholine rings is 1. The molecule has 0 saturated carbocycles. The van der Waals surface area contributed by atoms with E-state index in [1.165, 1.54) is 4.90 Å².